The number of nitrogens with zero attached hydrogens (tertiary/aromatic N) is 1. The molecule has 14 heavy (non-hydrogen) atoms. The normalized spacial score (nSPS) is 36.6. The first-order chi connectivity index (χ1) is 6.55. The Balaban J connectivity index is 1.86. The summed E-state index contributed by atoms with van der Waals surface area (Å²) in [6, 6.07) is 0.472. The second kappa shape index (κ2) is 3.64. The van der Waals surface area contributed by atoms with Gasteiger partial charge in [0.2, 0.25) is 0 Å². The Morgan fingerprint density at radius 1 is 1.50 bits per heavy atom. The largest absolute Gasteiger partial charge is 0.305 e. The molecular weight excluding hydrogens is 200 g/mol. The summed E-state index contributed by atoms with van der Waals surface area (Å²) in [7, 11) is -0.821. The summed E-state index contributed by atoms with van der Waals surface area (Å²) in [5.74, 6) is 0.229. The lowest BCUT2D eigenvalue weighted by Gasteiger charge is -2.16. The number of hydrogen-bond acceptors (Lipinski definition) is 4. The fraction of sp³-hybridized carbons (Fsp3) is 0.778. The summed E-state index contributed by atoms with van der Waals surface area (Å²) in [5, 5.41) is 4.68. The third kappa shape index (κ3) is 2.34. The van der Waals surface area contributed by atoms with Gasteiger partial charge in [-0.15, -0.1) is 0 Å². The van der Waals surface area contributed by atoms with Crippen molar-refractivity contribution in [3.63, 3.8) is 0 Å². The SMILES string of the molecule is CN1CCC(NC2C=CS(=O)(=O)C2)C1. The number of likely N-dealkylation sites (N-methyl/N-ethyl adjacent to an activating group) is 1. The van der Waals surface area contributed by atoms with E-state index < -0.39 is 9.84 Å². The van der Waals surface area contributed by atoms with Gasteiger partial charge in [0.15, 0.2) is 9.84 Å². The minimum atomic E-state index is -2.91. The number of nitrogens with one attached hydrogen (secondary N) is 1. The summed E-state index contributed by atoms with van der Waals surface area (Å²) >= 11 is 0. The van der Waals surface area contributed by atoms with Crippen LogP contribution in [0.25, 0.3) is 0 Å². The molecule has 0 aromatic heterocycles. The van der Waals surface area contributed by atoms with Gasteiger partial charge < -0.3 is 10.2 Å². The molecule has 2 unspecified atom stereocenters. The number of sulfone groups is 1. The average Bonchev–Trinajstić information content (AvgIpc) is 2.59. The van der Waals surface area contributed by atoms with Crippen LogP contribution in [0, 0.1) is 0 Å². The molecule has 0 saturated carbocycles. The van der Waals surface area contributed by atoms with Crippen LogP contribution in [0.1, 0.15) is 6.42 Å². The van der Waals surface area contributed by atoms with Crippen LogP contribution in [-0.2, 0) is 9.84 Å². The van der Waals surface area contributed by atoms with Crippen LogP contribution in [0.3, 0.4) is 0 Å². The highest BCUT2D eigenvalue weighted by atomic mass is 32.2. The predicted molar refractivity (Wildman–Crippen MR) is 55.8 cm³/mol. The van der Waals surface area contributed by atoms with Crippen LogP contribution in [0.4, 0.5) is 0 Å². The summed E-state index contributed by atoms with van der Waals surface area (Å²) in [4.78, 5) is 2.25. The van der Waals surface area contributed by atoms with Crippen LogP contribution in [0.5, 0.6) is 0 Å². The maximum Gasteiger partial charge on any atom is 0.173 e. The van der Waals surface area contributed by atoms with Gasteiger partial charge in [0.1, 0.15) is 0 Å². The van der Waals surface area contributed by atoms with Crippen molar-refractivity contribution in [1.29, 1.82) is 0 Å². The lowest BCUT2D eigenvalue weighted by atomic mass is 10.2. The Morgan fingerprint density at radius 2 is 2.29 bits per heavy atom. The summed E-state index contributed by atoms with van der Waals surface area (Å²) in [5.41, 5.74) is 0. The average molecular weight is 216 g/mol. The molecule has 0 spiro atoms. The number of rotatable bonds is 2. The van der Waals surface area contributed by atoms with Crippen molar-refractivity contribution in [2.24, 2.45) is 0 Å². The van der Waals surface area contributed by atoms with Gasteiger partial charge in [0, 0.05) is 24.0 Å². The molecule has 2 aliphatic heterocycles. The van der Waals surface area contributed by atoms with E-state index in [1.165, 1.54) is 5.41 Å². The van der Waals surface area contributed by atoms with E-state index in [1.54, 1.807) is 6.08 Å². The highest BCUT2D eigenvalue weighted by Crippen LogP contribution is 2.12. The molecule has 2 heterocycles. The molecule has 80 valence electrons. The molecule has 1 N–H and O–H groups in total. The molecule has 5 heteroatoms. The van der Waals surface area contributed by atoms with Gasteiger partial charge in [0.25, 0.3) is 0 Å². The van der Waals surface area contributed by atoms with Crippen LogP contribution in [0.15, 0.2) is 11.5 Å². The van der Waals surface area contributed by atoms with Crippen LogP contribution in [-0.4, -0.2) is 51.3 Å². The maximum atomic E-state index is 11.1. The molecule has 0 aromatic rings. The van der Waals surface area contributed by atoms with Crippen molar-refractivity contribution in [3.05, 3.63) is 11.5 Å². The fourth-order valence-corrected chi connectivity index (χ4v) is 3.30. The smallest absolute Gasteiger partial charge is 0.173 e. The lowest BCUT2D eigenvalue weighted by Crippen LogP contribution is -2.40. The molecular formula is C9H16N2O2S. The fourth-order valence-electron chi connectivity index (χ4n) is 2.05. The second-order valence-corrected chi connectivity index (χ2v) is 6.11. The monoisotopic (exact) mass is 216 g/mol. The molecule has 0 aromatic carbocycles. The van der Waals surface area contributed by atoms with Crippen molar-refractivity contribution < 1.29 is 8.42 Å². The van der Waals surface area contributed by atoms with Gasteiger partial charge in [-0.3, -0.25) is 0 Å². The molecule has 2 atom stereocenters. The summed E-state index contributed by atoms with van der Waals surface area (Å²) in [6.07, 6.45) is 2.87. The Kier molecular flexibility index (Phi) is 2.64. The highest BCUT2D eigenvalue weighted by molar-refractivity contribution is 7.94. The number of likely N-dealkylation sites (tertiary alicyclic amines) is 1. The second-order valence-electron chi connectivity index (χ2n) is 4.18. The maximum absolute atomic E-state index is 11.1. The van der Waals surface area contributed by atoms with Crippen molar-refractivity contribution in [2.75, 3.05) is 25.9 Å². The molecule has 0 radical (unpaired) electrons. The molecule has 2 rings (SSSR count). The summed E-state index contributed by atoms with van der Waals surface area (Å²) in [6.45, 7) is 2.12. The Hall–Kier alpha value is -0.390. The van der Waals surface area contributed by atoms with Crippen molar-refractivity contribution in [3.8, 4) is 0 Å². The molecule has 2 aliphatic rings. The van der Waals surface area contributed by atoms with Crippen LogP contribution in [0.2, 0.25) is 0 Å². The zero-order chi connectivity index (χ0) is 10.2. The predicted octanol–water partition coefficient (Wildman–Crippen LogP) is -0.409. The van der Waals surface area contributed by atoms with Crippen LogP contribution >= 0.6 is 0 Å². The van der Waals surface area contributed by atoms with E-state index in [1.807, 2.05) is 0 Å². The van der Waals surface area contributed by atoms with E-state index in [0.717, 1.165) is 19.5 Å². The molecule has 1 fully saturated rings. The van der Waals surface area contributed by atoms with E-state index >= 15 is 0 Å². The van der Waals surface area contributed by atoms with Gasteiger partial charge >= 0.3 is 0 Å². The van der Waals surface area contributed by atoms with E-state index in [2.05, 4.69) is 17.3 Å². The van der Waals surface area contributed by atoms with E-state index in [9.17, 15) is 8.42 Å². The third-order valence-electron chi connectivity index (χ3n) is 2.77. The van der Waals surface area contributed by atoms with E-state index in [-0.39, 0.29) is 11.8 Å². The molecule has 0 amide bonds. The standard InChI is InChI=1S/C9H16N2O2S/c1-11-4-2-8(6-11)10-9-3-5-14(12,13)7-9/h3,5,8-10H,2,4,6-7H2,1H3. The third-order valence-corrected chi connectivity index (χ3v) is 4.17. The van der Waals surface area contributed by atoms with E-state index in [4.69, 9.17) is 0 Å². The molecule has 0 bridgehead atoms. The minimum Gasteiger partial charge on any atom is -0.305 e. The zero-order valence-electron chi connectivity index (χ0n) is 8.31. The van der Waals surface area contributed by atoms with Gasteiger partial charge in [-0.2, -0.15) is 0 Å². The van der Waals surface area contributed by atoms with Gasteiger partial charge in [-0.1, -0.05) is 6.08 Å². The Morgan fingerprint density at radius 3 is 2.79 bits per heavy atom. The lowest BCUT2D eigenvalue weighted by molar-refractivity contribution is 0.394. The molecule has 1 saturated heterocycles. The zero-order valence-corrected chi connectivity index (χ0v) is 9.13. The Labute approximate surface area is 84.9 Å². The Bertz CT molecular complexity index is 337. The first kappa shape index (κ1) is 10.1. The quantitative estimate of drug-likeness (QED) is 0.682. The topological polar surface area (TPSA) is 49.4 Å². The summed E-state index contributed by atoms with van der Waals surface area (Å²) < 4.78 is 22.3. The first-order valence-corrected chi connectivity index (χ1v) is 6.62. The van der Waals surface area contributed by atoms with E-state index in [0.29, 0.717) is 6.04 Å². The van der Waals surface area contributed by atoms with Crippen molar-refractivity contribution in [1.82, 2.24) is 10.2 Å². The molecule has 0 aliphatic carbocycles. The molecule has 4 nitrogen and oxygen atoms in total. The van der Waals surface area contributed by atoms with Gasteiger partial charge in [-0.05, 0) is 20.0 Å². The first-order valence-electron chi connectivity index (χ1n) is 4.91. The van der Waals surface area contributed by atoms with Crippen LogP contribution < -0.4 is 5.32 Å². The van der Waals surface area contributed by atoms with Gasteiger partial charge in [-0.25, -0.2) is 8.42 Å². The minimum absolute atomic E-state index is 0.0245. The van der Waals surface area contributed by atoms with Crippen molar-refractivity contribution in [2.45, 2.75) is 18.5 Å². The van der Waals surface area contributed by atoms with Gasteiger partial charge in [0.05, 0.1) is 5.75 Å². The van der Waals surface area contributed by atoms with Crippen molar-refractivity contribution >= 4 is 9.84 Å². The highest BCUT2D eigenvalue weighted by Gasteiger charge is 2.26. The number of hydrogen-bond donors (Lipinski definition) is 1.